The van der Waals surface area contributed by atoms with Crippen LogP contribution in [0.3, 0.4) is 0 Å². The predicted octanol–water partition coefficient (Wildman–Crippen LogP) is 1.24. The van der Waals surface area contributed by atoms with Crippen LogP contribution in [-0.2, 0) is 9.53 Å². The lowest BCUT2D eigenvalue weighted by Crippen LogP contribution is -2.31. The first kappa shape index (κ1) is 9.52. The summed E-state index contributed by atoms with van der Waals surface area (Å²) < 4.78 is 5.18. The van der Waals surface area contributed by atoms with Gasteiger partial charge in [-0.1, -0.05) is 0 Å². The van der Waals surface area contributed by atoms with Crippen molar-refractivity contribution in [3.8, 4) is 0 Å². The van der Waals surface area contributed by atoms with Crippen molar-refractivity contribution in [2.75, 3.05) is 6.54 Å². The molecule has 1 N–H and O–H groups in total. The van der Waals surface area contributed by atoms with Crippen molar-refractivity contribution in [3.05, 3.63) is 6.04 Å². The second-order valence-corrected chi connectivity index (χ2v) is 4.01. The second-order valence-electron chi connectivity index (χ2n) is 4.01. The number of nitrogens with one attached hydrogen (secondary N) is 1. The van der Waals surface area contributed by atoms with Crippen LogP contribution in [0.15, 0.2) is 0 Å². The molecule has 12 heavy (non-hydrogen) atoms. The van der Waals surface area contributed by atoms with Gasteiger partial charge in [0.25, 0.3) is 0 Å². The van der Waals surface area contributed by atoms with Gasteiger partial charge in [-0.05, 0) is 40.2 Å². The minimum Gasteiger partial charge on any atom is -0.459 e. The van der Waals surface area contributed by atoms with Crippen LogP contribution in [0, 0.1) is 6.04 Å². The van der Waals surface area contributed by atoms with Crippen molar-refractivity contribution < 1.29 is 9.53 Å². The molecule has 3 heteroatoms. The number of carbonyl (C=O) groups is 1. The zero-order valence-electron chi connectivity index (χ0n) is 7.94. The Morgan fingerprint density at radius 3 is 2.58 bits per heavy atom. The number of esters is 1. The second kappa shape index (κ2) is 3.44. The fourth-order valence-corrected chi connectivity index (χ4v) is 1.11. The van der Waals surface area contributed by atoms with Crippen molar-refractivity contribution in [2.24, 2.45) is 0 Å². The first-order valence-electron chi connectivity index (χ1n) is 4.32. The van der Waals surface area contributed by atoms with E-state index in [2.05, 4.69) is 5.32 Å². The van der Waals surface area contributed by atoms with Crippen molar-refractivity contribution in [1.29, 1.82) is 0 Å². The molecule has 0 unspecified atom stereocenters. The molecular weight excluding hydrogens is 154 g/mol. The first-order valence-corrected chi connectivity index (χ1v) is 4.32. The Hall–Kier alpha value is -0.570. The van der Waals surface area contributed by atoms with Crippen molar-refractivity contribution in [2.45, 2.75) is 39.2 Å². The Kier molecular flexibility index (Phi) is 2.73. The lowest BCUT2D eigenvalue weighted by atomic mass is 10.2. The van der Waals surface area contributed by atoms with Crippen LogP contribution in [0.5, 0.6) is 0 Å². The SMILES string of the molecule is CC(C)(C)OC(=O)[C]1CCCN1. The molecule has 0 atom stereocenters. The van der Waals surface area contributed by atoms with E-state index in [1.807, 2.05) is 20.8 Å². The number of hydrogen-bond acceptors (Lipinski definition) is 3. The minimum absolute atomic E-state index is 0.194. The summed E-state index contributed by atoms with van der Waals surface area (Å²) in [6, 6.07) is 0.727. The Balaban J connectivity index is 2.37. The standard InChI is InChI=1S/C9H16NO2/c1-9(2,3)12-8(11)7-5-4-6-10-7/h10H,4-6H2,1-3H3. The number of rotatable bonds is 1. The maximum atomic E-state index is 11.3. The largest absolute Gasteiger partial charge is 0.459 e. The molecule has 3 nitrogen and oxygen atoms in total. The van der Waals surface area contributed by atoms with Crippen LogP contribution in [0.2, 0.25) is 0 Å². The third-order valence-electron chi connectivity index (χ3n) is 1.59. The molecule has 0 bridgehead atoms. The van der Waals surface area contributed by atoms with E-state index >= 15 is 0 Å². The molecule has 0 aromatic rings. The van der Waals surface area contributed by atoms with Crippen molar-refractivity contribution in [1.82, 2.24) is 5.32 Å². The van der Waals surface area contributed by atoms with Gasteiger partial charge in [0.2, 0.25) is 0 Å². The smallest absolute Gasteiger partial charge is 0.329 e. The van der Waals surface area contributed by atoms with Gasteiger partial charge in [0, 0.05) is 0 Å². The molecule has 0 aromatic heterocycles. The molecule has 1 aliphatic heterocycles. The van der Waals surface area contributed by atoms with E-state index < -0.39 is 0 Å². The van der Waals surface area contributed by atoms with Gasteiger partial charge in [-0.25, -0.2) is 4.79 Å². The number of hydrogen-bond donors (Lipinski definition) is 1. The van der Waals surface area contributed by atoms with Gasteiger partial charge in [-0.2, -0.15) is 0 Å². The Bertz CT molecular complexity index is 166. The molecule has 0 saturated carbocycles. The number of ether oxygens (including phenoxy) is 1. The van der Waals surface area contributed by atoms with Gasteiger partial charge < -0.3 is 4.74 Å². The summed E-state index contributed by atoms with van der Waals surface area (Å²) >= 11 is 0. The molecule has 0 aromatic carbocycles. The first-order chi connectivity index (χ1) is 5.49. The van der Waals surface area contributed by atoms with E-state index in [1.54, 1.807) is 0 Å². The molecule has 1 fully saturated rings. The fourth-order valence-electron chi connectivity index (χ4n) is 1.11. The van der Waals surface area contributed by atoms with Gasteiger partial charge in [0.1, 0.15) is 11.6 Å². The zero-order valence-corrected chi connectivity index (χ0v) is 7.94. The summed E-state index contributed by atoms with van der Waals surface area (Å²) in [5.41, 5.74) is -0.381. The van der Waals surface area contributed by atoms with Gasteiger partial charge in [-0.15, -0.1) is 0 Å². The predicted molar refractivity (Wildman–Crippen MR) is 46.3 cm³/mol. The van der Waals surface area contributed by atoms with E-state index in [1.165, 1.54) is 0 Å². The quantitative estimate of drug-likeness (QED) is 0.602. The summed E-state index contributed by atoms with van der Waals surface area (Å²) in [4.78, 5) is 11.3. The van der Waals surface area contributed by atoms with E-state index in [-0.39, 0.29) is 11.6 Å². The molecular formula is C9H16NO2. The summed E-state index contributed by atoms with van der Waals surface area (Å²) in [6.07, 6.45) is 1.86. The molecule has 1 saturated heterocycles. The topological polar surface area (TPSA) is 38.3 Å². The average Bonchev–Trinajstić information content (AvgIpc) is 2.32. The van der Waals surface area contributed by atoms with Gasteiger partial charge >= 0.3 is 5.97 Å². The third kappa shape index (κ3) is 2.81. The molecule has 0 aliphatic carbocycles. The Morgan fingerprint density at radius 2 is 2.17 bits per heavy atom. The summed E-state index contributed by atoms with van der Waals surface area (Å²) in [5.74, 6) is -0.194. The Labute approximate surface area is 73.5 Å². The highest BCUT2D eigenvalue weighted by Gasteiger charge is 2.28. The molecule has 1 radical (unpaired) electrons. The lowest BCUT2D eigenvalue weighted by molar-refractivity contribution is -0.152. The third-order valence-corrected chi connectivity index (χ3v) is 1.59. The molecule has 1 heterocycles. The maximum Gasteiger partial charge on any atom is 0.329 e. The zero-order chi connectivity index (χ0) is 9.19. The minimum atomic E-state index is -0.381. The van der Waals surface area contributed by atoms with E-state index in [9.17, 15) is 4.79 Å². The monoisotopic (exact) mass is 170 g/mol. The molecule has 0 amide bonds. The van der Waals surface area contributed by atoms with Crippen LogP contribution in [-0.4, -0.2) is 18.1 Å². The normalized spacial score (nSPS) is 19.6. The van der Waals surface area contributed by atoms with Gasteiger partial charge in [-0.3, -0.25) is 5.32 Å². The van der Waals surface area contributed by atoms with E-state index in [0.717, 1.165) is 25.4 Å². The van der Waals surface area contributed by atoms with Crippen LogP contribution in [0.1, 0.15) is 33.6 Å². The fraction of sp³-hybridized carbons (Fsp3) is 0.778. The lowest BCUT2D eigenvalue weighted by Gasteiger charge is -2.21. The van der Waals surface area contributed by atoms with Crippen molar-refractivity contribution >= 4 is 5.97 Å². The maximum absolute atomic E-state index is 11.3. The average molecular weight is 170 g/mol. The van der Waals surface area contributed by atoms with Crippen molar-refractivity contribution in [3.63, 3.8) is 0 Å². The summed E-state index contributed by atoms with van der Waals surface area (Å²) in [7, 11) is 0. The highest BCUT2D eigenvalue weighted by atomic mass is 16.6. The molecule has 1 aliphatic rings. The van der Waals surface area contributed by atoms with E-state index in [0.29, 0.717) is 0 Å². The highest BCUT2D eigenvalue weighted by molar-refractivity contribution is 5.84. The van der Waals surface area contributed by atoms with Gasteiger partial charge in [0.15, 0.2) is 0 Å². The van der Waals surface area contributed by atoms with E-state index in [4.69, 9.17) is 4.74 Å². The summed E-state index contributed by atoms with van der Waals surface area (Å²) in [6.45, 7) is 6.52. The highest BCUT2D eigenvalue weighted by Crippen LogP contribution is 2.17. The number of carbonyl (C=O) groups excluding carboxylic acids is 1. The molecule has 1 rings (SSSR count). The molecule has 0 spiro atoms. The summed E-state index contributed by atoms with van der Waals surface area (Å²) in [5, 5.41) is 3.02. The van der Waals surface area contributed by atoms with Crippen LogP contribution >= 0.6 is 0 Å². The molecule has 69 valence electrons. The van der Waals surface area contributed by atoms with Crippen LogP contribution in [0.4, 0.5) is 0 Å². The Morgan fingerprint density at radius 1 is 1.50 bits per heavy atom. The van der Waals surface area contributed by atoms with Gasteiger partial charge in [0.05, 0.1) is 0 Å². The van der Waals surface area contributed by atoms with Crippen LogP contribution < -0.4 is 5.32 Å². The van der Waals surface area contributed by atoms with Crippen LogP contribution in [0.25, 0.3) is 0 Å².